The van der Waals surface area contributed by atoms with Crippen molar-refractivity contribution in [3.05, 3.63) is 22.4 Å². The maximum absolute atomic E-state index is 13.3. The van der Waals surface area contributed by atoms with Crippen molar-refractivity contribution in [2.75, 3.05) is 17.2 Å². The monoisotopic (exact) mass is 400 g/mol. The van der Waals surface area contributed by atoms with Crippen LogP contribution in [0.5, 0.6) is 0 Å². The van der Waals surface area contributed by atoms with Crippen LogP contribution < -0.4 is 10.5 Å². The second-order valence-corrected chi connectivity index (χ2v) is 9.64. The molecule has 1 aliphatic heterocycles. The van der Waals surface area contributed by atoms with E-state index in [1.807, 2.05) is 0 Å². The summed E-state index contributed by atoms with van der Waals surface area (Å²) in [5, 5.41) is 0. The molecule has 3 N–H and O–H groups in total. The first-order valence-corrected chi connectivity index (χ1v) is 10.2. The van der Waals surface area contributed by atoms with Gasteiger partial charge in [0.25, 0.3) is 0 Å². The van der Waals surface area contributed by atoms with Crippen molar-refractivity contribution in [1.29, 1.82) is 0 Å². The molecule has 0 radical (unpaired) electrons. The molecule has 1 aromatic rings. The zero-order chi connectivity index (χ0) is 15.8. The first kappa shape index (κ1) is 16.7. The van der Waals surface area contributed by atoms with E-state index >= 15 is 0 Å². The fourth-order valence-electron chi connectivity index (χ4n) is 2.15. The molecule has 1 aliphatic rings. The lowest BCUT2D eigenvalue weighted by atomic mass is 10.2. The Labute approximate surface area is 131 Å². The minimum absolute atomic E-state index is 0.0281. The third-order valence-electron chi connectivity index (χ3n) is 3.13. The molecule has 1 unspecified atom stereocenters. The maximum Gasteiger partial charge on any atom is 0.242 e. The van der Waals surface area contributed by atoms with Gasteiger partial charge in [0.15, 0.2) is 9.84 Å². The standard InChI is InChI=1S/C11H14BrFN2O4S2/c12-8-4-9(13)10(14)5-11(8)21(18,19)15-7-2-1-3-20(16,17)6-7/h4-5,7,15H,1-3,6,14H2. The van der Waals surface area contributed by atoms with Gasteiger partial charge in [0.1, 0.15) is 5.82 Å². The van der Waals surface area contributed by atoms with Gasteiger partial charge in [-0.15, -0.1) is 0 Å². The molecular formula is C11H14BrFN2O4S2. The molecule has 0 aliphatic carbocycles. The van der Waals surface area contributed by atoms with Gasteiger partial charge in [-0.3, -0.25) is 0 Å². The number of hydrogen-bond acceptors (Lipinski definition) is 5. The van der Waals surface area contributed by atoms with Crippen LogP contribution in [0.25, 0.3) is 0 Å². The highest BCUT2D eigenvalue weighted by atomic mass is 79.9. The summed E-state index contributed by atoms with van der Waals surface area (Å²) >= 11 is 2.97. The summed E-state index contributed by atoms with van der Waals surface area (Å²) in [4.78, 5) is -0.218. The Kier molecular flexibility index (Phi) is 4.62. The van der Waals surface area contributed by atoms with Crippen molar-refractivity contribution in [1.82, 2.24) is 4.72 Å². The van der Waals surface area contributed by atoms with Gasteiger partial charge in [-0.2, -0.15) is 0 Å². The van der Waals surface area contributed by atoms with E-state index < -0.39 is 31.7 Å². The Morgan fingerprint density at radius 3 is 2.67 bits per heavy atom. The number of nitrogens with two attached hydrogens (primary N) is 1. The summed E-state index contributed by atoms with van der Waals surface area (Å²) in [6, 6.07) is 1.27. The van der Waals surface area contributed by atoms with E-state index in [0.29, 0.717) is 12.8 Å². The number of halogens is 2. The lowest BCUT2D eigenvalue weighted by molar-refractivity contribution is 0.517. The summed E-state index contributed by atoms with van der Waals surface area (Å²) in [5.74, 6) is -0.903. The highest BCUT2D eigenvalue weighted by Gasteiger charge is 2.30. The summed E-state index contributed by atoms with van der Waals surface area (Å²) < 4.78 is 63.3. The van der Waals surface area contributed by atoms with Gasteiger partial charge in [0.05, 0.1) is 22.1 Å². The Hall–Kier alpha value is -0.710. The molecule has 0 amide bonds. The van der Waals surface area contributed by atoms with Crippen LogP contribution in [0.1, 0.15) is 12.8 Å². The molecule has 2 rings (SSSR count). The second-order valence-electron chi connectivity index (χ2n) is 4.88. The number of nitrogen functional groups attached to an aromatic ring is 1. The number of anilines is 1. The van der Waals surface area contributed by atoms with Gasteiger partial charge in [-0.1, -0.05) is 0 Å². The summed E-state index contributed by atoms with van der Waals surface area (Å²) in [6.07, 6.45) is 0.842. The molecule has 10 heteroatoms. The number of hydrogen-bond donors (Lipinski definition) is 2. The van der Waals surface area contributed by atoms with Crippen molar-refractivity contribution in [2.45, 2.75) is 23.8 Å². The SMILES string of the molecule is Nc1cc(S(=O)(=O)NC2CCCS(=O)(=O)C2)c(Br)cc1F. The molecule has 0 spiro atoms. The van der Waals surface area contributed by atoms with Crippen LogP contribution >= 0.6 is 15.9 Å². The summed E-state index contributed by atoms with van der Waals surface area (Å²) in [5.41, 5.74) is 5.08. The second kappa shape index (κ2) is 5.82. The van der Waals surface area contributed by atoms with E-state index in [1.165, 1.54) is 0 Å². The Morgan fingerprint density at radius 1 is 1.38 bits per heavy atom. The molecule has 0 bridgehead atoms. The summed E-state index contributed by atoms with van der Waals surface area (Å²) in [6.45, 7) is 0. The molecule has 0 saturated carbocycles. The first-order valence-electron chi connectivity index (χ1n) is 6.08. The maximum atomic E-state index is 13.3. The largest absolute Gasteiger partial charge is 0.396 e. The quantitative estimate of drug-likeness (QED) is 0.736. The zero-order valence-corrected chi connectivity index (χ0v) is 14.1. The van der Waals surface area contributed by atoms with Crippen molar-refractivity contribution in [3.8, 4) is 0 Å². The molecule has 1 fully saturated rings. The molecule has 1 saturated heterocycles. The van der Waals surface area contributed by atoms with E-state index in [9.17, 15) is 21.2 Å². The average Bonchev–Trinajstić information content (AvgIpc) is 2.31. The molecule has 6 nitrogen and oxygen atoms in total. The summed E-state index contributed by atoms with van der Waals surface area (Å²) in [7, 11) is -7.22. The van der Waals surface area contributed by atoms with Gasteiger partial charge in [0, 0.05) is 10.5 Å². The molecule has 1 atom stereocenters. The number of sulfonamides is 1. The molecule has 0 aromatic heterocycles. The van der Waals surface area contributed by atoms with Crippen molar-refractivity contribution in [2.24, 2.45) is 0 Å². The Morgan fingerprint density at radius 2 is 2.05 bits per heavy atom. The normalized spacial score (nSPS) is 22.1. The highest BCUT2D eigenvalue weighted by molar-refractivity contribution is 9.10. The zero-order valence-electron chi connectivity index (χ0n) is 10.8. The fourth-order valence-corrected chi connectivity index (χ4v) is 6.21. The van der Waals surface area contributed by atoms with Crippen LogP contribution in [0.15, 0.2) is 21.5 Å². The number of nitrogens with one attached hydrogen (secondary N) is 1. The van der Waals surface area contributed by atoms with Gasteiger partial charge < -0.3 is 5.73 Å². The molecule has 118 valence electrons. The lowest BCUT2D eigenvalue weighted by Gasteiger charge is -2.23. The van der Waals surface area contributed by atoms with Gasteiger partial charge >= 0.3 is 0 Å². The topological polar surface area (TPSA) is 106 Å². The number of rotatable bonds is 3. The van der Waals surface area contributed by atoms with Gasteiger partial charge in [-0.05, 0) is 40.9 Å². The molecule has 1 heterocycles. The van der Waals surface area contributed by atoms with E-state index in [4.69, 9.17) is 5.73 Å². The Bertz CT molecular complexity index is 765. The average molecular weight is 401 g/mol. The van der Waals surface area contributed by atoms with Crippen LogP contribution in [-0.2, 0) is 19.9 Å². The molecule has 1 aromatic carbocycles. The third kappa shape index (κ3) is 3.93. The predicted octanol–water partition coefficient (Wildman–Crippen LogP) is 1.03. The van der Waals surface area contributed by atoms with Crippen LogP contribution in [0.2, 0.25) is 0 Å². The van der Waals surface area contributed by atoms with Crippen LogP contribution in [0, 0.1) is 5.82 Å². The minimum atomic E-state index is -3.99. The lowest BCUT2D eigenvalue weighted by Crippen LogP contribution is -2.43. The third-order valence-corrected chi connectivity index (χ3v) is 7.43. The number of sulfone groups is 1. The molecule has 21 heavy (non-hydrogen) atoms. The minimum Gasteiger partial charge on any atom is -0.396 e. The van der Waals surface area contributed by atoms with E-state index in [2.05, 4.69) is 20.7 Å². The first-order chi connectivity index (χ1) is 9.61. The molecular weight excluding hydrogens is 387 g/mol. The van der Waals surface area contributed by atoms with E-state index in [1.54, 1.807) is 0 Å². The predicted molar refractivity (Wildman–Crippen MR) is 80.5 cm³/mol. The Balaban J connectivity index is 2.29. The van der Waals surface area contributed by atoms with Crippen molar-refractivity contribution >= 4 is 41.5 Å². The van der Waals surface area contributed by atoms with Gasteiger partial charge in [-0.25, -0.2) is 25.9 Å². The van der Waals surface area contributed by atoms with E-state index in [0.717, 1.165) is 12.1 Å². The fraction of sp³-hybridized carbons (Fsp3) is 0.455. The van der Waals surface area contributed by atoms with Crippen LogP contribution in [-0.4, -0.2) is 34.4 Å². The number of benzene rings is 1. The van der Waals surface area contributed by atoms with Crippen molar-refractivity contribution < 1.29 is 21.2 Å². The van der Waals surface area contributed by atoms with Crippen molar-refractivity contribution in [3.63, 3.8) is 0 Å². The van der Waals surface area contributed by atoms with Gasteiger partial charge in [0.2, 0.25) is 10.0 Å². The highest BCUT2D eigenvalue weighted by Crippen LogP contribution is 2.27. The van der Waals surface area contributed by atoms with E-state index in [-0.39, 0.29) is 26.6 Å². The smallest absolute Gasteiger partial charge is 0.242 e. The van der Waals surface area contributed by atoms with Crippen LogP contribution in [0.3, 0.4) is 0 Å². The van der Waals surface area contributed by atoms with Crippen LogP contribution in [0.4, 0.5) is 10.1 Å².